The lowest BCUT2D eigenvalue weighted by Gasteiger charge is -2.10. The van der Waals surface area contributed by atoms with Crippen molar-refractivity contribution >= 4 is 33.4 Å². The summed E-state index contributed by atoms with van der Waals surface area (Å²) in [4.78, 5) is 9.03. The molecular formula is C20H20N4O2. The summed E-state index contributed by atoms with van der Waals surface area (Å²) < 4.78 is 13.1. The van der Waals surface area contributed by atoms with Crippen molar-refractivity contribution in [3.63, 3.8) is 0 Å². The molecule has 4 aromatic rings. The Kier molecular flexibility index (Phi) is 4.08. The molecule has 1 N–H and O–H groups in total. The van der Waals surface area contributed by atoms with Crippen LogP contribution in [0, 0.1) is 0 Å². The fraction of sp³-hybridized carbons (Fsp3) is 0.200. The molecule has 0 amide bonds. The number of benzene rings is 2. The number of methoxy groups -OCH3 is 2. The number of fused-ring (bicyclic) bond motifs is 3. The molecule has 6 nitrogen and oxygen atoms in total. The molecule has 0 aliphatic rings. The average molecular weight is 348 g/mol. The smallest absolute Gasteiger partial charge is 0.162 e. The number of hydrogen-bond acceptors (Lipinski definition) is 5. The highest BCUT2D eigenvalue weighted by Crippen LogP contribution is 2.38. The number of para-hydroxylation sites is 1. The van der Waals surface area contributed by atoms with Gasteiger partial charge in [0.2, 0.25) is 0 Å². The molecule has 132 valence electrons. The van der Waals surface area contributed by atoms with Gasteiger partial charge in [0.25, 0.3) is 0 Å². The Bertz CT molecular complexity index is 1070. The maximum Gasteiger partial charge on any atom is 0.162 e. The van der Waals surface area contributed by atoms with Crippen molar-refractivity contribution in [1.82, 2.24) is 14.5 Å². The van der Waals surface area contributed by atoms with E-state index in [1.807, 2.05) is 42.5 Å². The van der Waals surface area contributed by atoms with Crippen molar-refractivity contribution in [3.8, 4) is 11.5 Å². The quantitative estimate of drug-likeness (QED) is 0.580. The van der Waals surface area contributed by atoms with Crippen molar-refractivity contribution in [1.29, 1.82) is 0 Å². The molecule has 0 radical (unpaired) electrons. The lowest BCUT2D eigenvalue weighted by Crippen LogP contribution is -2.00. The van der Waals surface area contributed by atoms with E-state index >= 15 is 0 Å². The minimum Gasteiger partial charge on any atom is -0.493 e. The maximum absolute atomic E-state index is 5.48. The molecule has 0 aliphatic heterocycles. The van der Waals surface area contributed by atoms with Crippen LogP contribution in [0.15, 0.2) is 48.8 Å². The van der Waals surface area contributed by atoms with E-state index in [1.54, 1.807) is 20.5 Å². The molecular weight excluding hydrogens is 328 g/mol. The number of rotatable bonds is 5. The predicted molar refractivity (Wildman–Crippen MR) is 104 cm³/mol. The molecule has 2 heterocycles. The van der Waals surface area contributed by atoms with E-state index in [4.69, 9.17) is 9.47 Å². The van der Waals surface area contributed by atoms with E-state index in [2.05, 4.69) is 26.8 Å². The first-order chi connectivity index (χ1) is 12.8. The Morgan fingerprint density at radius 3 is 2.42 bits per heavy atom. The fourth-order valence-corrected chi connectivity index (χ4v) is 3.31. The van der Waals surface area contributed by atoms with Crippen molar-refractivity contribution in [2.45, 2.75) is 13.5 Å². The number of ether oxygens (including phenoxy) is 2. The van der Waals surface area contributed by atoms with E-state index in [9.17, 15) is 0 Å². The van der Waals surface area contributed by atoms with Gasteiger partial charge in [0.15, 0.2) is 17.3 Å². The van der Waals surface area contributed by atoms with E-state index in [0.717, 1.165) is 40.0 Å². The Morgan fingerprint density at radius 1 is 1.00 bits per heavy atom. The highest BCUT2D eigenvalue weighted by atomic mass is 16.5. The summed E-state index contributed by atoms with van der Waals surface area (Å²) in [6, 6.07) is 14.0. The number of hydrogen-bond donors (Lipinski definition) is 1. The molecule has 0 saturated heterocycles. The van der Waals surface area contributed by atoms with Crippen LogP contribution >= 0.6 is 0 Å². The SMILES string of the molecule is CCn1c2cc(OC)c(OC)cc2c2ncnc(Nc3ccccc3)c21. The summed E-state index contributed by atoms with van der Waals surface area (Å²) in [6.07, 6.45) is 1.59. The topological polar surface area (TPSA) is 61.2 Å². The second-order valence-corrected chi connectivity index (χ2v) is 5.88. The highest BCUT2D eigenvalue weighted by Gasteiger charge is 2.18. The van der Waals surface area contributed by atoms with Crippen LogP contribution in [0.2, 0.25) is 0 Å². The predicted octanol–water partition coefficient (Wildman–Crippen LogP) is 4.37. The largest absolute Gasteiger partial charge is 0.493 e. The number of anilines is 2. The first-order valence-corrected chi connectivity index (χ1v) is 8.47. The molecule has 4 rings (SSSR count). The summed E-state index contributed by atoms with van der Waals surface area (Å²) in [5, 5.41) is 4.42. The first-order valence-electron chi connectivity index (χ1n) is 8.47. The van der Waals surface area contributed by atoms with Crippen LogP contribution in [0.1, 0.15) is 6.92 Å². The van der Waals surface area contributed by atoms with E-state index in [0.29, 0.717) is 11.5 Å². The summed E-state index contributed by atoms with van der Waals surface area (Å²) in [5.41, 5.74) is 3.87. The molecule has 26 heavy (non-hydrogen) atoms. The minimum absolute atomic E-state index is 0.686. The first kappa shape index (κ1) is 16.2. The molecule has 0 atom stereocenters. The lowest BCUT2D eigenvalue weighted by molar-refractivity contribution is 0.355. The van der Waals surface area contributed by atoms with Crippen LogP contribution in [0.25, 0.3) is 21.9 Å². The van der Waals surface area contributed by atoms with Crippen molar-refractivity contribution in [3.05, 3.63) is 48.8 Å². The molecule has 0 fully saturated rings. The standard InChI is InChI=1S/C20H20N4O2/c1-4-24-15-11-17(26-3)16(25-2)10-14(15)18-19(24)20(22-12-21-18)23-13-8-6-5-7-9-13/h5-12H,4H2,1-3H3,(H,21,22,23). The van der Waals surface area contributed by atoms with Gasteiger partial charge in [-0.15, -0.1) is 0 Å². The molecule has 0 saturated carbocycles. The number of aromatic nitrogens is 3. The van der Waals surface area contributed by atoms with Crippen LogP contribution in [-0.2, 0) is 6.54 Å². The Labute approximate surface area is 151 Å². The third-order valence-corrected chi connectivity index (χ3v) is 4.49. The summed E-state index contributed by atoms with van der Waals surface area (Å²) in [7, 11) is 3.28. The zero-order chi connectivity index (χ0) is 18.1. The zero-order valence-electron chi connectivity index (χ0n) is 15.0. The Balaban J connectivity index is 2.01. The molecule has 2 aromatic heterocycles. The minimum atomic E-state index is 0.686. The van der Waals surface area contributed by atoms with Gasteiger partial charge in [-0.3, -0.25) is 0 Å². The van der Waals surface area contributed by atoms with Gasteiger partial charge in [-0.05, 0) is 25.1 Å². The van der Waals surface area contributed by atoms with Crippen molar-refractivity contribution < 1.29 is 9.47 Å². The Morgan fingerprint density at radius 2 is 1.73 bits per heavy atom. The van der Waals surface area contributed by atoms with Gasteiger partial charge in [-0.2, -0.15) is 0 Å². The van der Waals surface area contributed by atoms with Gasteiger partial charge < -0.3 is 19.4 Å². The Hall–Kier alpha value is -3.28. The number of nitrogens with one attached hydrogen (secondary N) is 1. The van der Waals surface area contributed by atoms with Crippen molar-refractivity contribution in [2.75, 3.05) is 19.5 Å². The van der Waals surface area contributed by atoms with Gasteiger partial charge in [0.1, 0.15) is 17.4 Å². The highest BCUT2D eigenvalue weighted by molar-refractivity contribution is 6.10. The molecule has 0 aliphatic carbocycles. The number of aryl methyl sites for hydroxylation is 1. The van der Waals surface area contributed by atoms with Crippen LogP contribution in [0.5, 0.6) is 11.5 Å². The summed E-state index contributed by atoms with van der Waals surface area (Å²) >= 11 is 0. The zero-order valence-corrected chi connectivity index (χ0v) is 15.0. The molecule has 0 unspecified atom stereocenters. The number of nitrogens with zero attached hydrogens (tertiary/aromatic N) is 3. The molecule has 0 bridgehead atoms. The third kappa shape index (κ3) is 2.50. The van der Waals surface area contributed by atoms with Gasteiger partial charge in [-0.25, -0.2) is 9.97 Å². The van der Waals surface area contributed by atoms with Gasteiger partial charge in [-0.1, -0.05) is 18.2 Å². The van der Waals surface area contributed by atoms with E-state index in [-0.39, 0.29) is 0 Å². The van der Waals surface area contributed by atoms with Crippen LogP contribution in [0.4, 0.5) is 11.5 Å². The van der Waals surface area contributed by atoms with Crippen molar-refractivity contribution in [2.24, 2.45) is 0 Å². The lowest BCUT2D eigenvalue weighted by atomic mass is 10.2. The summed E-state index contributed by atoms with van der Waals surface area (Å²) in [6.45, 7) is 2.89. The van der Waals surface area contributed by atoms with E-state index < -0.39 is 0 Å². The molecule has 2 aromatic carbocycles. The maximum atomic E-state index is 5.48. The van der Waals surface area contributed by atoms with Crippen LogP contribution < -0.4 is 14.8 Å². The van der Waals surface area contributed by atoms with Gasteiger partial charge in [0.05, 0.1) is 19.7 Å². The summed E-state index contributed by atoms with van der Waals surface area (Å²) in [5.74, 6) is 2.16. The van der Waals surface area contributed by atoms with Gasteiger partial charge >= 0.3 is 0 Å². The van der Waals surface area contributed by atoms with E-state index in [1.165, 1.54) is 0 Å². The molecule has 0 spiro atoms. The second-order valence-electron chi connectivity index (χ2n) is 5.88. The van der Waals surface area contributed by atoms with Crippen LogP contribution in [0.3, 0.4) is 0 Å². The average Bonchev–Trinajstić information content (AvgIpc) is 3.01. The second kappa shape index (κ2) is 6.55. The fourth-order valence-electron chi connectivity index (χ4n) is 3.31. The third-order valence-electron chi connectivity index (χ3n) is 4.49. The normalized spacial score (nSPS) is 11.0. The van der Waals surface area contributed by atoms with Crippen LogP contribution in [-0.4, -0.2) is 28.8 Å². The monoisotopic (exact) mass is 348 g/mol. The molecule has 6 heteroatoms. The van der Waals surface area contributed by atoms with Gasteiger partial charge in [0, 0.05) is 23.7 Å².